The Bertz CT molecular complexity index is 220. The summed E-state index contributed by atoms with van der Waals surface area (Å²) in [6.07, 6.45) is 1.12. The fourth-order valence-corrected chi connectivity index (χ4v) is 2.68. The average Bonchev–Trinajstić information content (AvgIpc) is 2.59. The van der Waals surface area contributed by atoms with Gasteiger partial charge in [-0.25, -0.2) is 0 Å². The van der Waals surface area contributed by atoms with Crippen LogP contribution in [-0.2, 0) is 14.1 Å². The monoisotopic (exact) mass is 204 g/mol. The number of esters is 1. The van der Waals surface area contributed by atoms with E-state index in [4.69, 9.17) is 14.4 Å². The minimum atomic E-state index is -0.143. The van der Waals surface area contributed by atoms with E-state index in [1.54, 1.807) is 0 Å². The molecule has 5 heteroatoms. The molecule has 74 valence electrons. The summed E-state index contributed by atoms with van der Waals surface area (Å²) in [7, 11) is 2.21. The molecule has 2 rings (SSSR count). The fourth-order valence-electron chi connectivity index (χ4n) is 2.37. The second-order valence-electron chi connectivity index (χ2n) is 3.65. The van der Waals surface area contributed by atoms with Gasteiger partial charge in [0.15, 0.2) is 0 Å². The Labute approximate surface area is 78.9 Å². The van der Waals surface area contributed by atoms with Crippen molar-refractivity contribution in [2.75, 3.05) is 6.61 Å². The third-order valence-corrected chi connectivity index (χ3v) is 3.39. The molecule has 5 atom stereocenters. The first kappa shape index (κ1) is 9.38. The first-order chi connectivity index (χ1) is 6.26. The number of hydrogen-bond donors (Lipinski definition) is 1. The molecule has 0 amide bonds. The standard InChI is InChI=1S/C8H13O4P/c9-3-5-4-1-8(10)11-6(4)2-7(5)12-13/h4-7,9H,1-3,13H2/t4-,5-,6+,7-/m1/s1. The molecular formula is C8H13O4P. The first-order valence-electron chi connectivity index (χ1n) is 4.42. The van der Waals surface area contributed by atoms with Crippen LogP contribution in [0.2, 0.25) is 0 Å². The van der Waals surface area contributed by atoms with Crippen molar-refractivity contribution in [2.24, 2.45) is 11.8 Å². The van der Waals surface area contributed by atoms with Crippen LogP contribution in [0.3, 0.4) is 0 Å². The highest BCUT2D eigenvalue weighted by molar-refractivity contribution is 7.09. The number of carbonyl (C=O) groups is 1. The molecule has 2 fully saturated rings. The van der Waals surface area contributed by atoms with Gasteiger partial charge in [0.1, 0.15) is 6.10 Å². The van der Waals surface area contributed by atoms with Gasteiger partial charge in [0.2, 0.25) is 0 Å². The van der Waals surface area contributed by atoms with Crippen molar-refractivity contribution in [1.29, 1.82) is 0 Å². The smallest absolute Gasteiger partial charge is 0.306 e. The Kier molecular flexibility index (Phi) is 2.54. The third kappa shape index (κ3) is 1.47. The Balaban J connectivity index is 2.09. The van der Waals surface area contributed by atoms with Gasteiger partial charge in [-0.15, -0.1) is 0 Å². The molecule has 1 unspecified atom stereocenters. The lowest BCUT2D eigenvalue weighted by molar-refractivity contribution is -0.141. The molecule has 0 radical (unpaired) electrons. The summed E-state index contributed by atoms with van der Waals surface area (Å²) in [6.45, 7) is 0.0663. The summed E-state index contributed by atoms with van der Waals surface area (Å²) in [6, 6.07) is 0. The van der Waals surface area contributed by atoms with Crippen LogP contribution >= 0.6 is 9.47 Å². The number of carbonyl (C=O) groups excluding carboxylic acids is 1. The topological polar surface area (TPSA) is 55.8 Å². The van der Waals surface area contributed by atoms with E-state index < -0.39 is 0 Å². The van der Waals surface area contributed by atoms with Crippen molar-refractivity contribution in [3.63, 3.8) is 0 Å². The summed E-state index contributed by atoms with van der Waals surface area (Å²) >= 11 is 0. The van der Waals surface area contributed by atoms with E-state index in [1.165, 1.54) is 0 Å². The average molecular weight is 204 g/mol. The van der Waals surface area contributed by atoms with Gasteiger partial charge in [-0.2, -0.15) is 0 Å². The molecule has 4 nitrogen and oxygen atoms in total. The van der Waals surface area contributed by atoms with Crippen LogP contribution in [0.4, 0.5) is 0 Å². The van der Waals surface area contributed by atoms with Crippen molar-refractivity contribution in [3.05, 3.63) is 0 Å². The first-order valence-corrected chi connectivity index (χ1v) is 4.89. The second-order valence-corrected chi connectivity index (χ2v) is 3.93. The highest BCUT2D eigenvalue weighted by Crippen LogP contribution is 2.42. The molecule has 1 saturated heterocycles. The van der Waals surface area contributed by atoms with Crippen LogP contribution < -0.4 is 0 Å². The molecule has 0 spiro atoms. The van der Waals surface area contributed by atoms with Gasteiger partial charge in [0.05, 0.1) is 12.5 Å². The predicted octanol–water partition coefficient (Wildman–Crippen LogP) is 0.106. The maximum Gasteiger partial charge on any atom is 0.306 e. The van der Waals surface area contributed by atoms with E-state index in [2.05, 4.69) is 9.47 Å². The Morgan fingerprint density at radius 3 is 3.08 bits per heavy atom. The zero-order valence-corrected chi connectivity index (χ0v) is 8.33. The van der Waals surface area contributed by atoms with Crippen LogP contribution in [0.15, 0.2) is 0 Å². The molecule has 0 aromatic heterocycles. The van der Waals surface area contributed by atoms with E-state index in [-0.39, 0.29) is 36.6 Å². The van der Waals surface area contributed by atoms with Crippen molar-refractivity contribution >= 4 is 15.4 Å². The number of hydrogen-bond acceptors (Lipinski definition) is 4. The number of aliphatic hydroxyl groups is 1. The Morgan fingerprint density at radius 2 is 2.46 bits per heavy atom. The number of ether oxygens (including phenoxy) is 1. The molecule has 1 aliphatic heterocycles. The van der Waals surface area contributed by atoms with Crippen molar-refractivity contribution in [3.8, 4) is 0 Å². The lowest BCUT2D eigenvalue weighted by Crippen LogP contribution is -2.24. The molecule has 0 aromatic rings. The lowest BCUT2D eigenvalue weighted by atomic mass is 9.93. The lowest BCUT2D eigenvalue weighted by Gasteiger charge is -2.18. The van der Waals surface area contributed by atoms with Crippen LogP contribution in [0.5, 0.6) is 0 Å². The molecular weight excluding hydrogens is 191 g/mol. The van der Waals surface area contributed by atoms with E-state index in [9.17, 15) is 4.79 Å². The SMILES string of the molecule is O=C1C[C@@H]2[C@@H](CO)[C@H](OP)C[C@@H]2O1. The molecule has 0 aromatic carbocycles. The fraction of sp³-hybridized carbons (Fsp3) is 0.875. The Morgan fingerprint density at radius 1 is 1.69 bits per heavy atom. The van der Waals surface area contributed by atoms with Crippen molar-refractivity contribution in [2.45, 2.75) is 25.0 Å². The van der Waals surface area contributed by atoms with E-state index in [0.29, 0.717) is 12.8 Å². The molecule has 1 heterocycles. The maximum absolute atomic E-state index is 11.0. The highest BCUT2D eigenvalue weighted by atomic mass is 31.0. The summed E-state index contributed by atoms with van der Waals surface area (Å²) < 4.78 is 10.3. The second kappa shape index (κ2) is 3.52. The normalized spacial score (nSPS) is 43.4. The van der Waals surface area contributed by atoms with Gasteiger partial charge in [0.25, 0.3) is 0 Å². The van der Waals surface area contributed by atoms with Crippen LogP contribution in [0, 0.1) is 11.8 Å². The highest BCUT2D eigenvalue weighted by Gasteiger charge is 2.49. The van der Waals surface area contributed by atoms with Crippen molar-refractivity contribution < 1.29 is 19.2 Å². The van der Waals surface area contributed by atoms with E-state index in [0.717, 1.165) is 0 Å². The van der Waals surface area contributed by atoms with Gasteiger partial charge in [0, 0.05) is 34.3 Å². The van der Waals surface area contributed by atoms with Crippen LogP contribution in [-0.4, -0.2) is 29.9 Å². The van der Waals surface area contributed by atoms with Gasteiger partial charge in [-0.3, -0.25) is 4.79 Å². The summed E-state index contributed by atoms with van der Waals surface area (Å²) in [5.41, 5.74) is 0. The van der Waals surface area contributed by atoms with Gasteiger partial charge < -0.3 is 14.4 Å². The molecule has 13 heavy (non-hydrogen) atoms. The minimum Gasteiger partial charge on any atom is -0.462 e. The largest absolute Gasteiger partial charge is 0.462 e. The van der Waals surface area contributed by atoms with Gasteiger partial charge in [-0.1, -0.05) is 0 Å². The summed E-state index contributed by atoms with van der Waals surface area (Å²) in [5, 5.41) is 9.14. The quantitative estimate of drug-likeness (QED) is 0.512. The molecule has 2 aliphatic rings. The van der Waals surface area contributed by atoms with Crippen LogP contribution in [0.25, 0.3) is 0 Å². The van der Waals surface area contributed by atoms with E-state index in [1.807, 2.05) is 0 Å². The predicted molar refractivity (Wildman–Crippen MR) is 47.8 cm³/mol. The number of rotatable bonds is 2. The van der Waals surface area contributed by atoms with Gasteiger partial charge >= 0.3 is 5.97 Å². The Hall–Kier alpha value is -0.180. The van der Waals surface area contributed by atoms with Crippen LogP contribution in [0.1, 0.15) is 12.8 Å². The zero-order valence-electron chi connectivity index (χ0n) is 7.18. The molecule has 1 aliphatic carbocycles. The summed E-state index contributed by atoms with van der Waals surface area (Å²) in [5.74, 6) is 0.0626. The van der Waals surface area contributed by atoms with E-state index >= 15 is 0 Å². The summed E-state index contributed by atoms with van der Waals surface area (Å²) in [4.78, 5) is 11.0. The molecule has 0 bridgehead atoms. The molecule has 1 N–H and O–H groups in total. The number of aliphatic hydroxyl groups excluding tert-OH is 1. The third-order valence-electron chi connectivity index (χ3n) is 3.04. The minimum absolute atomic E-state index is 0.0121. The zero-order chi connectivity index (χ0) is 9.42. The van der Waals surface area contributed by atoms with Crippen molar-refractivity contribution in [1.82, 2.24) is 0 Å². The maximum atomic E-state index is 11.0. The van der Waals surface area contributed by atoms with Gasteiger partial charge in [-0.05, 0) is 0 Å². The molecule has 1 saturated carbocycles. The number of fused-ring (bicyclic) bond motifs is 1.